The number of carbonyl (C=O) groups excluding carboxylic acids is 2. The monoisotopic (exact) mass is 579 g/mol. The fourth-order valence-electron chi connectivity index (χ4n) is 2.28. The molecule has 0 bridgehead atoms. The number of nitrogens with one attached hydrogen (secondary N) is 1. The van der Waals surface area contributed by atoms with E-state index in [2.05, 4.69) is 31.3 Å². The third-order valence-electron chi connectivity index (χ3n) is 3.41. The van der Waals surface area contributed by atoms with Gasteiger partial charge in [-0.2, -0.15) is 5.10 Å². The predicted molar refractivity (Wildman–Crippen MR) is 115 cm³/mol. The molecule has 0 aliphatic heterocycles. The number of primary amides is 1. The van der Waals surface area contributed by atoms with Gasteiger partial charge in [0.15, 0.2) is 5.82 Å². The summed E-state index contributed by atoms with van der Waals surface area (Å²) in [6, 6.07) is 7.87. The second-order valence-corrected chi connectivity index (χ2v) is 8.04. The summed E-state index contributed by atoms with van der Waals surface area (Å²) in [5.41, 5.74) is 5.73. The van der Waals surface area contributed by atoms with Crippen LogP contribution in [0.25, 0.3) is 5.82 Å². The van der Waals surface area contributed by atoms with Gasteiger partial charge in [-0.1, -0.05) is 39.1 Å². The molecule has 11 heteroatoms. The lowest BCUT2D eigenvalue weighted by Crippen LogP contribution is -2.21. The van der Waals surface area contributed by atoms with E-state index in [4.69, 9.17) is 28.9 Å². The first-order valence-corrected chi connectivity index (χ1v) is 9.87. The summed E-state index contributed by atoms with van der Waals surface area (Å²) in [6.45, 7) is 0. The lowest BCUT2D eigenvalue weighted by atomic mass is 10.1. The zero-order chi connectivity index (χ0) is 19.7. The van der Waals surface area contributed by atoms with Crippen LogP contribution in [0.15, 0.2) is 41.0 Å². The number of halogens is 4. The fraction of sp³-hybridized carbons (Fsp3) is 0. The van der Waals surface area contributed by atoms with Crippen molar-refractivity contribution in [1.82, 2.24) is 14.8 Å². The molecule has 0 fully saturated rings. The number of pyridine rings is 1. The van der Waals surface area contributed by atoms with Gasteiger partial charge in [-0.25, -0.2) is 9.67 Å². The number of aromatic nitrogens is 3. The third-order valence-corrected chi connectivity index (χ3v) is 4.99. The molecule has 0 aliphatic rings. The van der Waals surface area contributed by atoms with Crippen LogP contribution >= 0.6 is 61.7 Å². The molecule has 0 unspecified atom stereocenters. The number of rotatable bonds is 4. The van der Waals surface area contributed by atoms with Gasteiger partial charge in [0.2, 0.25) is 0 Å². The van der Waals surface area contributed by atoms with E-state index >= 15 is 0 Å². The van der Waals surface area contributed by atoms with Crippen LogP contribution in [0.5, 0.6) is 0 Å². The third kappa shape index (κ3) is 4.26. The molecule has 2 amide bonds. The van der Waals surface area contributed by atoms with Crippen molar-refractivity contribution in [2.75, 3.05) is 5.32 Å². The second-order valence-electron chi connectivity index (χ2n) is 5.20. The van der Waals surface area contributed by atoms with Crippen LogP contribution in [-0.4, -0.2) is 26.6 Å². The molecule has 7 nitrogen and oxygen atoms in total. The number of amides is 2. The van der Waals surface area contributed by atoms with Crippen LogP contribution < -0.4 is 11.1 Å². The van der Waals surface area contributed by atoms with Gasteiger partial charge in [-0.05, 0) is 46.9 Å². The van der Waals surface area contributed by atoms with Crippen LogP contribution in [0.1, 0.15) is 20.8 Å². The Kier molecular flexibility index (Phi) is 6.04. The van der Waals surface area contributed by atoms with Crippen molar-refractivity contribution in [3.8, 4) is 5.82 Å². The average Bonchev–Trinajstić information content (AvgIpc) is 2.99. The van der Waals surface area contributed by atoms with Crippen LogP contribution in [-0.2, 0) is 0 Å². The van der Waals surface area contributed by atoms with Crippen LogP contribution in [0.4, 0.5) is 5.69 Å². The molecule has 27 heavy (non-hydrogen) atoms. The molecule has 0 saturated carbocycles. The molecule has 2 heterocycles. The van der Waals surface area contributed by atoms with Crippen LogP contribution in [0.3, 0.4) is 0 Å². The lowest BCUT2D eigenvalue weighted by molar-refractivity contribution is 0.100. The summed E-state index contributed by atoms with van der Waals surface area (Å²) in [7, 11) is 0. The number of nitrogens with two attached hydrogens (primary N) is 1. The first-order chi connectivity index (χ1) is 12.8. The first kappa shape index (κ1) is 20.1. The van der Waals surface area contributed by atoms with Crippen LogP contribution in [0, 0.1) is 3.70 Å². The predicted octanol–water partition coefficient (Wildman–Crippen LogP) is 4.29. The largest absolute Gasteiger partial charge is 0.366 e. The Balaban J connectivity index is 2.05. The van der Waals surface area contributed by atoms with Gasteiger partial charge in [0, 0.05) is 16.7 Å². The zero-order valence-electron chi connectivity index (χ0n) is 13.2. The average molecular weight is 581 g/mol. The molecule has 138 valence electrons. The minimum atomic E-state index is -0.732. The number of carbonyl (C=O) groups is 2. The summed E-state index contributed by atoms with van der Waals surface area (Å²) in [4.78, 5) is 28.8. The van der Waals surface area contributed by atoms with Crippen molar-refractivity contribution in [1.29, 1.82) is 0 Å². The highest BCUT2D eigenvalue weighted by Gasteiger charge is 2.22. The summed E-state index contributed by atoms with van der Waals surface area (Å²) < 4.78 is 2.42. The van der Waals surface area contributed by atoms with E-state index in [1.54, 1.807) is 24.3 Å². The minimum Gasteiger partial charge on any atom is -0.366 e. The Morgan fingerprint density at radius 2 is 1.96 bits per heavy atom. The van der Waals surface area contributed by atoms with Gasteiger partial charge in [-0.15, -0.1) is 0 Å². The van der Waals surface area contributed by atoms with Crippen molar-refractivity contribution in [2.45, 2.75) is 0 Å². The van der Waals surface area contributed by atoms with E-state index < -0.39 is 11.8 Å². The molecule has 0 spiro atoms. The van der Waals surface area contributed by atoms with Gasteiger partial charge >= 0.3 is 0 Å². The number of hydrogen-bond donors (Lipinski definition) is 2. The van der Waals surface area contributed by atoms with Gasteiger partial charge in [0.1, 0.15) is 9.39 Å². The zero-order valence-corrected chi connectivity index (χ0v) is 18.5. The van der Waals surface area contributed by atoms with Gasteiger partial charge in [-0.3, -0.25) is 9.59 Å². The molecular formula is C16H9BrCl2IN5O2. The maximum absolute atomic E-state index is 12.9. The van der Waals surface area contributed by atoms with E-state index in [-0.39, 0.29) is 22.0 Å². The summed E-state index contributed by atoms with van der Waals surface area (Å²) >= 11 is 17.6. The van der Waals surface area contributed by atoms with Crippen molar-refractivity contribution >= 4 is 79.2 Å². The summed E-state index contributed by atoms with van der Waals surface area (Å²) in [6.07, 6.45) is 1.54. The summed E-state index contributed by atoms with van der Waals surface area (Å²) in [5, 5.41) is 7.36. The van der Waals surface area contributed by atoms with E-state index in [0.29, 0.717) is 19.0 Å². The number of nitrogens with zero attached hydrogens (tertiary/aromatic N) is 3. The molecular weight excluding hydrogens is 572 g/mol. The Hall–Kier alpha value is -1.69. The molecule has 3 rings (SSSR count). The van der Waals surface area contributed by atoms with Crippen molar-refractivity contribution in [2.24, 2.45) is 5.73 Å². The highest BCUT2D eigenvalue weighted by Crippen LogP contribution is 2.31. The summed E-state index contributed by atoms with van der Waals surface area (Å²) in [5.74, 6) is -0.993. The topological polar surface area (TPSA) is 103 Å². The van der Waals surface area contributed by atoms with Crippen molar-refractivity contribution in [3.05, 3.63) is 66.0 Å². The van der Waals surface area contributed by atoms with Crippen molar-refractivity contribution in [3.63, 3.8) is 0 Å². The van der Waals surface area contributed by atoms with Gasteiger partial charge < -0.3 is 11.1 Å². The van der Waals surface area contributed by atoms with Gasteiger partial charge in [0.05, 0.1) is 21.3 Å². The quantitative estimate of drug-likeness (QED) is 0.449. The molecule has 1 aromatic carbocycles. The Labute approximate surface area is 185 Å². The highest BCUT2D eigenvalue weighted by atomic mass is 127. The van der Waals surface area contributed by atoms with E-state index in [1.165, 1.54) is 16.9 Å². The Morgan fingerprint density at radius 3 is 2.63 bits per heavy atom. The smallest absolute Gasteiger partial charge is 0.274 e. The fourth-order valence-corrected chi connectivity index (χ4v) is 3.85. The minimum absolute atomic E-state index is 0.0688. The van der Waals surface area contributed by atoms with E-state index in [1.807, 2.05) is 22.6 Å². The normalized spacial score (nSPS) is 10.7. The molecule has 3 aromatic rings. The molecule has 0 radical (unpaired) electrons. The molecule has 3 N–H and O–H groups in total. The lowest BCUT2D eigenvalue weighted by Gasteiger charge is -2.13. The molecule has 0 aliphatic carbocycles. The molecule has 0 saturated heterocycles. The SMILES string of the molecule is NC(=O)c1cc(Br)cc(Cl)c1NC(=O)c1cc(I)nn1-c1ncccc1Cl. The number of benzene rings is 1. The van der Waals surface area contributed by atoms with Gasteiger partial charge in [0.25, 0.3) is 11.8 Å². The second kappa shape index (κ2) is 8.13. The standard InChI is InChI=1S/C16H9BrCl2IN5O2/c17-7-4-8(14(21)26)13(10(19)5-7)23-16(27)11-6-12(20)24-25(11)15-9(18)2-1-3-22-15/h1-6H,(H2,21,26)(H,23,27). The van der Waals surface area contributed by atoms with Crippen molar-refractivity contribution < 1.29 is 9.59 Å². The molecule has 2 aromatic heterocycles. The first-order valence-electron chi connectivity index (χ1n) is 7.24. The Bertz CT molecular complexity index is 1070. The van der Waals surface area contributed by atoms with E-state index in [9.17, 15) is 9.59 Å². The number of hydrogen-bond acceptors (Lipinski definition) is 4. The maximum atomic E-state index is 12.9. The maximum Gasteiger partial charge on any atom is 0.274 e. The van der Waals surface area contributed by atoms with Crippen LogP contribution in [0.2, 0.25) is 10.0 Å². The highest BCUT2D eigenvalue weighted by molar-refractivity contribution is 14.1. The Morgan fingerprint density at radius 1 is 1.22 bits per heavy atom. The number of anilines is 1. The molecule has 0 atom stereocenters. The van der Waals surface area contributed by atoms with E-state index in [0.717, 1.165) is 0 Å².